The summed E-state index contributed by atoms with van der Waals surface area (Å²) in [7, 11) is -1.42. The van der Waals surface area contributed by atoms with Crippen molar-refractivity contribution in [2.45, 2.75) is 0 Å². The van der Waals surface area contributed by atoms with Crippen LogP contribution in [0.15, 0.2) is 47.9 Å². The van der Waals surface area contributed by atoms with Crippen LogP contribution in [0.4, 0.5) is 11.4 Å². The van der Waals surface area contributed by atoms with Crippen LogP contribution in [0.1, 0.15) is 11.1 Å². The molecule has 0 radical (unpaired) electrons. The summed E-state index contributed by atoms with van der Waals surface area (Å²) < 4.78 is 34.1. The summed E-state index contributed by atoms with van der Waals surface area (Å²) in [5.74, 6) is -1.54. The number of rotatable bonds is 10. The van der Waals surface area contributed by atoms with Crippen LogP contribution >= 0.6 is 0 Å². The number of benzene rings is 2. The molecule has 0 saturated heterocycles. The lowest BCUT2D eigenvalue weighted by Crippen LogP contribution is -2.11. The maximum Gasteiger partial charge on any atom is 0.311 e. The van der Waals surface area contributed by atoms with Gasteiger partial charge < -0.3 is 9.47 Å². The number of carbonyl (C=O) groups excluding carboxylic acids is 1. The molecule has 2 aromatic rings. The Labute approximate surface area is 182 Å². The number of ether oxygens (including phenoxy) is 2. The normalized spacial score (nSPS) is 11.6. The summed E-state index contributed by atoms with van der Waals surface area (Å²) in [5.41, 5.74) is -0.0928. The molecule has 0 heterocycles. The smallest absolute Gasteiger partial charge is 0.311 e. The van der Waals surface area contributed by atoms with Gasteiger partial charge in [0.25, 0.3) is 0 Å². The maximum atomic E-state index is 12.2. The van der Waals surface area contributed by atoms with E-state index in [1.54, 1.807) is 0 Å². The number of allylic oxidation sites excluding steroid dienone is 1. The van der Waals surface area contributed by atoms with Gasteiger partial charge in [-0.3, -0.25) is 25.0 Å². The van der Waals surface area contributed by atoms with Gasteiger partial charge in [-0.05, 0) is 35.4 Å². The Morgan fingerprint density at radius 2 is 1.38 bits per heavy atom. The van der Waals surface area contributed by atoms with E-state index in [-0.39, 0.29) is 28.4 Å². The van der Waals surface area contributed by atoms with Crippen LogP contribution in [0.2, 0.25) is 0 Å². The highest BCUT2D eigenvalue weighted by molar-refractivity contribution is 7.95. The van der Waals surface area contributed by atoms with Crippen LogP contribution in [0.25, 0.3) is 12.2 Å². The number of carbonyl (C=O) groups is 1. The van der Waals surface area contributed by atoms with E-state index in [0.29, 0.717) is 5.56 Å². The summed E-state index contributed by atoms with van der Waals surface area (Å²) in [6.45, 7) is 0. The third-order valence-corrected chi connectivity index (χ3v) is 5.31. The predicted octanol–water partition coefficient (Wildman–Crippen LogP) is 3.19. The lowest BCUT2D eigenvalue weighted by Gasteiger charge is -2.02. The molecule has 0 aliphatic rings. The third-order valence-electron chi connectivity index (χ3n) is 4.07. The number of nitro groups is 2. The second-order valence-corrected chi connectivity index (χ2v) is 8.17. The second-order valence-electron chi connectivity index (χ2n) is 6.29. The summed E-state index contributed by atoms with van der Waals surface area (Å²) in [4.78, 5) is 32.8. The van der Waals surface area contributed by atoms with Crippen molar-refractivity contribution in [3.8, 4) is 11.5 Å². The molecule has 32 heavy (non-hydrogen) atoms. The first-order valence-electron chi connectivity index (χ1n) is 8.83. The van der Waals surface area contributed by atoms with Crippen molar-refractivity contribution in [3.05, 3.63) is 79.2 Å². The van der Waals surface area contributed by atoms with Crippen molar-refractivity contribution in [3.63, 3.8) is 0 Å². The molecular formula is C20H18N2O9S. The quantitative estimate of drug-likeness (QED) is 0.294. The second kappa shape index (κ2) is 10.3. The number of nitrogens with zero attached hydrogens (tertiary/aromatic N) is 2. The lowest BCUT2D eigenvalue weighted by atomic mass is 10.1. The average Bonchev–Trinajstić information content (AvgIpc) is 2.75. The van der Waals surface area contributed by atoms with Gasteiger partial charge in [-0.15, -0.1) is 0 Å². The third kappa shape index (κ3) is 6.47. The number of ketones is 1. The fraction of sp³-hybridized carbons (Fsp3) is 0.150. The molecule has 0 bridgehead atoms. The minimum Gasteiger partial charge on any atom is -0.490 e. The minimum absolute atomic E-state index is 0.0223. The van der Waals surface area contributed by atoms with Gasteiger partial charge in [-0.2, -0.15) is 0 Å². The molecule has 168 valence electrons. The van der Waals surface area contributed by atoms with E-state index in [4.69, 9.17) is 9.47 Å². The highest BCUT2D eigenvalue weighted by atomic mass is 32.2. The zero-order chi connectivity index (χ0) is 23.9. The van der Waals surface area contributed by atoms with Crippen molar-refractivity contribution >= 4 is 39.1 Å². The highest BCUT2D eigenvalue weighted by Crippen LogP contribution is 2.29. The van der Waals surface area contributed by atoms with Gasteiger partial charge in [0.1, 0.15) is 5.75 Å². The fourth-order valence-corrected chi connectivity index (χ4v) is 3.53. The highest BCUT2D eigenvalue weighted by Gasteiger charge is 2.16. The van der Waals surface area contributed by atoms with Gasteiger partial charge in [0, 0.05) is 17.5 Å². The Morgan fingerprint density at radius 3 is 1.81 bits per heavy atom. The zero-order valence-electron chi connectivity index (χ0n) is 17.0. The fourth-order valence-electron chi connectivity index (χ4n) is 2.57. The van der Waals surface area contributed by atoms with Gasteiger partial charge in [-0.25, -0.2) is 8.42 Å². The van der Waals surface area contributed by atoms with E-state index < -0.39 is 31.2 Å². The Morgan fingerprint density at radius 1 is 0.906 bits per heavy atom. The van der Waals surface area contributed by atoms with Gasteiger partial charge in [0.15, 0.2) is 27.1 Å². The Hall–Kier alpha value is -4.06. The molecule has 0 spiro atoms. The molecule has 0 unspecified atom stereocenters. The van der Waals surface area contributed by atoms with Crippen molar-refractivity contribution < 1.29 is 32.5 Å². The summed E-state index contributed by atoms with van der Waals surface area (Å²) >= 11 is 0. The molecule has 12 heteroatoms. The summed E-state index contributed by atoms with van der Waals surface area (Å²) in [6.07, 6.45) is 3.38. The zero-order valence-corrected chi connectivity index (χ0v) is 17.8. The number of hydrogen-bond acceptors (Lipinski definition) is 9. The first-order chi connectivity index (χ1) is 15.1. The van der Waals surface area contributed by atoms with E-state index in [1.807, 2.05) is 0 Å². The summed E-state index contributed by atoms with van der Waals surface area (Å²) in [6, 6.07) is 7.91. The first-order valence-corrected chi connectivity index (χ1v) is 10.5. The monoisotopic (exact) mass is 462 g/mol. The molecule has 0 amide bonds. The molecule has 0 N–H and O–H groups in total. The predicted molar refractivity (Wildman–Crippen MR) is 116 cm³/mol. The first kappa shape index (κ1) is 24.2. The number of methoxy groups -OCH3 is 2. The molecule has 2 rings (SSSR count). The van der Waals surface area contributed by atoms with Gasteiger partial charge >= 0.3 is 11.4 Å². The van der Waals surface area contributed by atoms with Crippen LogP contribution in [0.5, 0.6) is 11.5 Å². The molecule has 11 nitrogen and oxygen atoms in total. The van der Waals surface area contributed by atoms with E-state index in [1.165, 1.54) is 50.6 Å². The average molecular weight is 462 g/mol. The Kier molecular flexibility index (Phi) is 7.80. The Bertz CT molecular complexity index is 1220. The molecule has 0 fully saturated rings. The van der Waals surface area contributed by atoms with Crippen molar-refractivity contribution in [2.24, 2.45) is 0 Å². The SMILES string of the molecule is COc1ccc(/C=C\S(=O)(=O)CC(=O)/C=C/c2ccc(OC)c([N+](=O)[O-])c2)cc1[N+](=O)[O-]. The number of sulfone groups is 1. The van der Waals surface area contributed by atoms with Gasteiger partial charge in [0.2, 0.25) is 0 Å². The largest absolute Gasteiger partial charge is 0.490 e. The lowest BCUT2D eigenvalue weighted by molar-refractivity contribution is -0.385. The van der Waals surface area contributed by atoms with Gasteiger partial charge in [-0.1, -0.05) is 18.2 Å². The van der Waals surface area contributed by atoms with E-state index in [9.17, 15) is 33.4 Å². The topological polar surface area (TPSA) is 156 Å². The molecular weight excluding hydrogens is 444 g/mol. The van der Waals surface area contributed by atoms with Crippen molar-refractivity contribution in [1.29, 1.82) is 0 Å². The molecule has 0 atom stereocenters. The molecule has 0 aliphatic heterocycles. The van der Waals surface area contributed by atoms with Crippen LogP contribution in [-0.4, -0.2) is 44.0 Å². The van der Waals surface area contributed by atoms with Crippen LogP contribution in [0.3, 0.4) is 0 Å². The van der Waals surface area contributed by atoms with Crippen LogP contribution in [-0.2, 0) is 14.6 Å². The van der Waals surface area contributed by atoms with E-state index in [2.05, 4.69) is 0 Å². The van der Waals surface area contributed by atoms with E-state index >= 15 is 0 Å². The van der Waals surface area contributed by atoms with Crippen LogP contribution in [0, 0.1) is 20.2 Å². The maximum absolute atomic E-state index is 12.2. The van der Waals surface area contributed by atoms with Crippen LogP contribution < -0.4 is 9.47 Å². The Balaban J connectivity index is 2.13. The van der Waals surface area contributed by atoms with Gasteiger partial charge in [0.05, 0.1) is 24.1 Å². The summed E-state index contributed by atoms with van der Waals surface area (Å²) in [5, 5.41) is 22.9. The number of hydrogen-bond donors (Lipinski definition) is 0. The molecule has 0 aliphatic carbocycles. The molecule has 0 aromatic heterocycles. The number of nitro benzene ring substituents is 2. The molecule has 2 aromatic carbocycles. The van der Waals surface area contributed by atoms with Crippen molar-refractivity contribution in [2.75, 3.05) is 20.0 Å². The minimum atomic E-state index is -3.98. The standard InChI is InChI=1S/C20H18N2O9S/c1-30-19-7-4-14(11-17(19)21(24)25)3-6-16(23)13-32(28,29)10-9-15-5-8-20(31-2)18(12-15)22(26)27/h3-12H,13H2,1-2H3/b6-3+,10-9-. The molecule has 0 saturated carbocycles. The van der Waals surface area contributed by atoms with E-state index in [0.717, 1.165) is 23.6 Å². The van der Waals surface area contributed by atoms with Crippen molar-refractivity contribution in [1.82, 2.24) is 0 Å².